The fraction of sp³-hybridized carbons (Fsp3) is 0.714. The van der Waals surface area contributed by atoms with E-state index in [2.05, 4.69) is 16.6 Å². The van der Waals surface area contributed by atoms with E-state index in [1.165, 1.54) is 0 Å². The summed E-state index contributed by atoms with van der Waals surface area (Å²) in [5.74, 6) is 3.50. The van der Waals surface area contributed by atoms with E-state index in [4.69, 9.17) is 11.5 Å². The van der Waals surface area contributed by atoms with Crippen molar-refractivity contribution >= 4 is 23.8 Å². The highest BCUT2D eigenvalue weighted by Gasteiger charge is 2.25. The lowest BCUT2D eigenvalue weighted by atomic mass is 9.82. The van der Waals surface area contributed by atoms with Gasteiger partial charge in [0.1, 0.15) is 0 Å². The number of carbonyl (C=O) groups excluding carboxylic acids is 1. The molecular formula is C14H22N2O3S. The van der Waals surface area contributed by atoms with Gasteiger partial charge in [-0.05, 0) is 31.6 Å². The van der Waals surface area contributed by atoms with Gasteiger partial charge in [-0.1, -0.05) is 5.92 Å². The smallest absolute Gasteiger partial charge is 0.314 e. The largest absolute Gasteiger partial charge is 0.481 e. The van der Waals surface area contributed by atoms with Gasteiger partial charge in [0.2, 0.25) is 0 Å². The monoisotopic (exact) mass is 298 g/mol. The molecule has 0 aromatic heterocycles. The molecule has 0 spiro atoms. The van der Waals surface area contributed by atoms with E-state index in [0.29, 0.717) is 37.6 Å². The van der Waals surface area contributed by atoms with Crippen molar-refractivity contribution in [1.82, 2.24) is 10.6 Å². The summed E-state index contributed by atoms with van der Waals surface area (Å²) in [7, 11) is 0. The van der Waals surface area contributed by atoms with Crippen LogP contribution in [0, 0.1) is 24.2 Å². The third kappa shape index (κ3) is 6.71. The van der Waals surface area contributed by atoms with Crippen molar-refractivity contribution in [2.75, 3.05) is 24.6 Å². The van der Waals surface area contributed by atoms with Crippen molar-refractivity contribution in [1.29, 1.82) is 0 Å². The third-order valence-corrected chi connectivity index (χ3v) is 4.33. The van der Waals surface area contributed by atoms with Crippen LogP contribution in [0.3, 0.4) is 0 Å². The first kappa shape index (κ1) is 16.7. The molecule has 20 heavy (non-hydrogen) atoms. The number of urea groups is 1. The van der Waals surface area contributed by atoms with E-state index in [1.54, 1.807) is 11.8 Å². The molecule has 1 rings (SSSR count). The molecule has 1 saturated carbocycles. The number of carboxylic acids is 1. The molecule has 1 aliphatic carbocycles. The van der Waals surface area contributed by atoms with Gasteiger partial charge >= 0.3 is 12.0 Å². The SMILES string of the molecule is C#CCSCCNC(=O)NCC1CCC(C(=O)O)CC1. The van der Waals surface area contributed by atoms with E-state index in [0.717, 1.165) is 18.6 Å². The fourth-order valence-corrected chi connectivity index (χ4v) is 2.79. The molecule has 0 aliphatic heterocycles. The number of amides is 2. The van der Waals surface area contributed by atoms with Crippen molar-refractivity contribution in [2.24, 2.45) is 11.8 Å². The molecule has 1 fully saturated rings. The highest BCUT2D eigenvalue weighted by atomic mass is 32.2. The minimum atomic E-state index is -0.696. The maximum Gasteiger partial charge on any atom is 0.314 e. The van der Waals surface area contributed by atoms with Gasteiger partial charge in [-0.15, -0.1) is 18.2 Å². The Morgan fingerprint density at radius 3 is 2.55 bits per heavy atom. The molecule has 2 amide bonds. The van der Waals surface area contributed by atoms with Crippen LogP contribution in [0.2, 0.25) is 0 Å². The van der Waals surface area contributed by atoms with Gasteiger partial charge in [-0.3, -0.25) is 4.79 Å². The van der Waals surface area contributed by atoms with Crippen molar-refractivity contribution in [3.8, 4) is 12.3 Å². The van der Waals surface area contributed by atoms with Crippen LogP contribution in [0.5, 0.6) is 0 Å². The third-order valence-electron chi connectivity index (χ3n) is 3.46. The predicted octanol–water partition coefficient (Wildman–Crippen LogP) is 1.54. The van der Waals surface area contributed by atoms with Gasteiger partial charge in [0.15, 0.2) is 0 Å². The van der Waals surface area contributed by atoms with Crippen LogP contribution in [-0.2, 0) is 4.79 Å². The van der Waals surface area contributed by atoms with E-state index in [1.807, 2.05) is 0 Å². The number of rotatable bonds is 7. The van der Waals surface area contributed by atoms with Gasteiger partial charge in [0.25, 0.3) is 0 Å². The number of hydrogen-bond acceptors (Lipinski definition) is 3. The maximum absolute atomic E-state index is 11.5. The molecule has 5 nitrogen and oxygen atoms in total. The summed E-state index contributed by atoms with van der Waals surface area (Å²) < 4.78 is 0. The Balaban J connectivity index is 2.04. The van der Waals surface area contributed by atoms with Crippen LogP contribution in [0.1, 0.15) is 25.7 Å². The van der Waals surface area contributed by atoms with Crippen LogP contribution in [0.4, 0.5) is 4.79 Å². The molecule has 0 bridgehead atoms. The lowest BCUT2D eigenvalue weighted by Gasteiger charge is -2.26. The molecule has 0 aromatic rings. The molecule has 0 unspecified atom stereocenters. The summed E-state index contributed by atoms with van der Waals surface area (Å²) in [5.41, 5.74) is 0. The average molecular weight is 298 g/mol. The second-order valence-corrected chi connectivity index (χ2v) is 6.05. The van der Waals surface area contributed by atoms with E-state index in [9.17, 15) is 9.59 Å². The Morgan fingerprint density at radius 2 is 1.95 bits per heavy atom. The van der Waals surface area contributed by atoms with Gasteiger partial charge < -0.3 is 15.7 Å². The van der Waals surface area contributed by atoms with E-state index >= 15 is 0 Å². The molecule has 0 aromatic carbocycles. The van der Waals surface area contributed by atoms with E-state index in [-0.39, 0.29) is 11.9 Å². The summed E-state index contributed by atoms with van der Waals surface area (Å²) in [5, 5.41) is 14.5. The minimum absolute atomic E-state index is 0.160. The van der Waals surface area contributed by atoms with Gasteiger partial charge in [0.05, 0.1) is 11.7 Å². The number of carboxylic acid groups (broad SMARTS) is 1. The molecular weight excluding hydrogens is 276 g/mol. The Hall–Kier alpha value is -1.35. The van der Waals surface area contributed by atoms with Gasteiger partial charge in [-0.2, -0.15) is 0 Å². The number of thioether (sulfide) groups is 1. The highest BCUT2D eigenvalue weighted by molar-refractivity contribution is 7.99. The zero-order valence-corrected chi connectivity index (χ0v) is 12.4. The van der Waals surface area contributed by atoms with E-state index < -0.39 is 5.97 Å². The maximum atomic E-state index is 11.5. The summed E-state index contributed by atoms with van der Waals surface area (Å²) in [6, 6.07) is -0.160. The number of terminal acetylenes is 1. The van der Waals surface area contributed by atoms with Gasteiger partial charge in [0, 0.05) is 18.8 Å². The molecule has 112 valence electrons. The first-order valence-electron chi connectivity index (χ1n) is 6.89. The minimum Gasteiger partial charge on any atom is -0.481 e. The standard InChI is InChI=1S/C14H22N2O3S/c1-2-8-20-9-7-15-14(19)16-10-11-3-5-12(6-4-11)13(17)18/h1,11-12H,3-10H2,(H,17,18)(H2,15,16,19). The van der Waals surface area contributed by atoms with Crippen molar-refractivity contribution in [3.63, 3.8) is 0 Å². The first-order chi connectivity index (χ1) is 9.63. The lowest BCUT2D eigenvalue weighted by molar-refractivity contribution is -0.143. The van der Waals surface area contributed by atoms with Crippen molar-refractivity contribution in [2.45, 2.75) is 25.7 Å². The number of hydrogen-bond donors (Lipinski definition) is 3. The predicted molar refractivity (Wildman–Crippen MR) is 80.6 cm³/mol. The molecule has 6 heteroatoms. The quantitative estimate of drug-likeness (QED) is 0.492. The molecule has 0 saturated heterocycles. The van der Waals surface area contributed by atoms with Gasteiger partial charge in [-0.25, -0.2) is 4.79 Å². The summed E-state index contributed by atoms with van der Waals surface area (Å²) >= 11 is 1.61. The highest BCUT2D eigenvalue weighted by Crippen LogP contribution is 2.28. The second-order valence-electron chi connectivity index (χ2n) is 4.95. The van der Waals surface area contributed by atoms with Crippen molar-refractivity contribution in [3.05, 3.63) is 0 Å². The zero-order valence-electron chi connectivity index (χ0n) is 11.6. The average Bonchev–Trinajstić information content (AvgIpc) is 2.45. The Kier molecular flexibility index (Phi) is 7.97. The second kappa shape index (κ2) is 9.54. The summed E-state index contributed by atoms with van der Waals surface area (Å²) in [6.07, 6.45) is 8.29. The molecule has 1 aliphatic rings. The van der Waals surface area contributed by atoms with Crippen LogP contribution in [0.15, 0.2) is 0 Å². The number of aliphatic carboxylic acids is 1. The first-order valence-corrected chi connectivity index (χ1v) is 8.04. The Morgan fingerprint density at radius 1 is 1.25 bits per heavy atom. The topological polar surface area (TPSA) is 78.4 Å². The van der Waals surface area contributed by atoms with Crippen LogP contribution in [0.25, 0.3) is 0 Å². The summed E-state index contributed by atoms with van der Waals surface area (Å²) in [4.78, 5) is 22.4. The summed E-state index contributed by atoms with van der Waals surface area (Å²) in [6.45, 7) is 1.22. The molecule has 0 radical (unpaired) electrons. The van der Waals surface area contributed by atoms with Crippen LogP contribution < -0.4 is 10.6 Å². The fourth-order valence-electron chi connectivity index (χ4n) is 2.28. The Labute approximate surface area is 124 Å². The molecule has 3 N–H and O–H groups in total. The lowest BCUT2D eigenvalue weighted by Crippen LogP contribution is -2.40. The normalized spacial score (nSPS) is 21.8. The molecule has 0 heterocycles. The molecule has 0 atom stereocenters. The Bertz CT molecular complexity index is 360. The zero-order chi connectivity index (χ0) is 14.8. The van der Waals surface area contributed by atoms with Crippen molar-refractivity contribution < 1.29 is 14.7 Å². The van der Waals surface area contributed by atoms with Crippen LogP contribution >= 0.6 is 11.8 Å². The van der Waals surface area contributed by atoms with Crippen LogP contribution in [-0.4, -0.2) is 41.7 Å². The number of nitrogens with one attached hydrogen (secondary N) is 2. The number of carbonyl (C=O) groups is 2.